The van der Waals surface area contributed by atoms with Gasteiger partial charge >= 0.3 is 0 Å². The topological polar surface area (TPSA) is 50.2 Å². The Bertz CT molecular complexity index is 462. The van der Waals surface area contributed by atoms with E-state index in [-0.39, 0.29) is 0 Å². The summed E-state index contributed by atoms with van der Waals surface area (Å²) in [4.78, 5) is 14.4. The van der Waals surface area contributed by atoms with Crippen LogP contribution in [0.1, 0.15) is 11.7 Å². The van der Waals surface area contributed by atoms with Gasteiger partial charge in [-0.3, -0.25) is 4.98 Å². The fourth-order valence-electron chi connectivity index (χ4n) is 1.47. The molecule has 1 unspecified atom stereocenters. The highest BCUT2D eigenvalue weighted by Crippen LogP contribution is 2.21. The molecule has 2 aromatic rings. The largest absolute Gasteiger partial charge is 0.381 e. The van der Waals surface area contributed by atoms with Gasteiger partial charge in [0.05, 0.1) is 0 Å². The summed E-state index contributed by atoms with van der Waals surface area (Å²) < 4.78 is 0. The second-order valence-corrected chi connectivity index (χ2v) is 3.02. The minimum Gasteiger partial charge on any atom is -0.381 e. The smallest absolute Gasteiger partial charge is 0.153 e. The van der Waals surface area contributed by atoms with E-state index in [1.54, 1.807) is 18.5 Å². The first kappa shape index (κ1) is 8.84. The summed E-state index contributed by atoms with van der Waals surface area (Å²) in [5.41, 5.74) is 0.602. The fourth-order valence-corrected chi connectivity index (χ4v) is 1.47. The van der Waals surface area contributed by atoms with Gasteiger partial charge in [-0.15, -0.1) is 0 Å². The van der Waals surface area contributed by atoms with Gasteiger partial charge in [0.1, 0.15) is 6.10 Å². The predicted molar refractivity (Wildman–Crippen MR) is 52.8 cm³/mol. The number of pyridine rings is 1. The van der Waals surface area contributed by atoms with E-state index >= 15 is 0 Å². The van der Waals surface area contributed by atoms with Crippen molar-refractivity contribution in [3.05, 3.63) is 42.2 Å². The minimum absolute atomic E-state index is 0.516. The zero-order valence-corrected chi connectivity index (χ0v) is 7.42. The van der Waals surface area contributed by atoms with Crippen molar-refractivity contribution in [2.75, 3.05) is 0 Å². The van der Waals surface area contributed by atoms with Crippen LogP contribution in [0, 0.1) is 0 Å². The monoisotopic (exact) mass is 187 g/mol. The van der Waals surface area contributed by atoms with E-state index in [9.17, 15) is 9.90 Å². The van der Waals surface area contributed by atoms with Crippen LogP contribution in [0.25, 0.3) is 10.8 Å². The van der Waals surface area contributed by atoms with E-state index in [2.05, 4.69) is 4.98 Å². The lowest BCUT2D eigenvalue weighted by atomic mass is 10.0. The van der Waals surface area contributed by atoms with E-state index in [1.807, 2.05) is 18.2 Å². The lowest BCUT2D eigenvalue weighted by Gasteiger charge is -2.06. The number of carbonyl (C=O) groups is 1. The number of carbonyl (C=O) groups excluding carboxylic acids is 1. The highest BCUT2D eigenvalue weighted by Gasteiger charge is 2.08. The third-order valence-corrected chi connectivity index (χ3v) is 2.16. The molecule has 1 heterocycles. The van der Waals surface area contributed by atoms with Crippen molar-refractivity contribution < 1.29 is 9.90 Å². The summed E-state index contributed by atoms with van der Waals surface area (Å²) in [5, 5.41) is 11.2. The van der Waals surface area contributed by atoms with Crippen molar-refractivity contribution in [2.45, 2.75) is 6.10 Å². The van der Waals surface area contributed by atoms with Gasteiger partial charge in [0.25, 0.3) is 0 Å². The van der Waals surface area contributed by atoms with Crippen LogP contribution in [-0.4, -0.2) is 16.4 Å². The molecule has 2 rings (SSSR count). The molecule has 0 fully saturated rings. The summed E-state index contributed by atoms with van der Waals surface area (Å²) >= 11 is 0. The van der Waals surface area contributed by atoms with E-state index in [4.69, 9.17) is 0 Å². The van der Waals surface area contributed by atoms with Gasteiger partial charge in [-0.05, 0) is 17.0 Å². The average molecular weight is 187 g/mol. The van der Waals surface area contributed by atoms with Crippen LogP contribution in [0.15, 0.2) is 36.7 Å². The molecule has 1 atom stereocenters. The number of fused-ring (bicyclic) bond motifs is 1. The van der Waals surface area contributed by atoms with Crippen LogP contribution in [-0.2, 0) is 4.79 Å². The molecule has 0 aliphatic heterocycles. The van der Waals surface area contributed by atoms with Crippen molar-refractivity contribution in [1.29, 1.82) is 0 Å². The number of aldehydes is 1. The van der Waals surface area contributed by atoms with Gasteiger partial charge in [-0.25, -0.2) is 0 Å². The summed E-state index contributed by atoms with van der Waals surface area (Å²) in [6.07, 6.45) is 2.78. The van der Waals surface area contributed by atoms with Crippen molar-refractivity contribution in [1.82, 2.24) is 4.98 Å². The molecule has 0 aliphatic carbocycles. The number of aromatic nitrogens is 1. The average Bonchev–Trinajstić information content (AvgIpc) is 2.27. The first-order valence-electron chi connectivity index (χ1n) is 4.29. The first-order chi connectivity index (χ1) is 6.83. The maximum Gasteiger partial charge on any atom is 0.153 e. The molecule has 0 amide bonds. The highest BCUT2D eigenvalue weighted by molar-refractivity contribution is 5.87. The third-order valence-electron chi connectivity index (χ3n) is 2.16. The molecule has 0 spiro atoms. The Morgan fingerprint density at radius 1 is 1.36 bits per heavy atom. The number of aliphatic hydroxyl groups is 1. The number of nitrogens with zero attached hydrogens (tertiary/aromatic N) is 1. The molecule has 0 saturated carbocycles. The quantitative estimate of drug-likeness (QED) is 0.724. The second kappa shape index (κ2) is 3.55. The Morgan fingerprint density at radius 2 is 2.21 bits per heavy atom. The van der Waals surface area contributed by atoms with Crippen LogP contribution < -0.4 is 0 Å². The molecular formula is C11H9NO2. The number of rotatable bonds is 2. The first-order valence-corrected chi connectivity index (χ1v) is 4.29. The Kier molecular flexibility index (Phi) is 2.24. The van der Waals surface area contributed by atoms with Crippen LogP contribution >= 0.6 is 0 Å². The number of hydrogen-bond donors (Lipinski definition) is 1. The zero-order chi connectivity index (χ0) is 9.97. The Balaban J connectivity index is 2.70. The maximum atomic E-state index is 10.5. The third kappa shape index (κ3) is 1.38. The molecule has 70 valence electrons. The van der Waals surface area contributed by atoms with Crippen LogP contribution in [0.3, 0.4) is 0 Å². The zero-order valence-electron chi connectivity index (χ0n) is 7.42. The van der Waals surface area contributed by atoms with Gasteiger partial charge in [0, 0.05) is 17.8 Å². The molecular weight excluding hydrogens is 178 g/mol. The summed E-state index contributed by atoms with van der Waals surface area (Å²) in [6, 6.07) is 7.29. The molecule has 1 N–H and O–H groups in total. The van der Waals surface area contributed by atoms with Crippen molar-refractivity contribution in [3.63, 3.8) is 0 Å². The standard InChI is InChI=1S/C11H9NO2/c13-7-11(14)9-3-1-2-8-4-5-12-6-10(8)9/h1-7,11,14H. The van der Waals surface area contributed by atoms with E-state index in [0.29, 0.717) is 11.8 Å². The maximum absolute atomic E-state index is 10.5. The second-order valence-electron chi connectivity index (χ2n) is 3.02. The summed E-state index contributed by atoms with van der Waals surface area (Å²) in [6.45, 7) is 0. The molecule has 0 radical (unpaired) electrons. The van der Waals surface area contributed by atoms with Crippen molar-refractivity contribution in [3.8, 4) is 0 Å². The van der Waals surface area contributed by atoms with E-state index in [0.717, 1.165) is 10.8 Å². The SMILES string of the molecule is O=CC(O)c1cccc2ccncc12. The van der Waals surface area contributed by atoms with E-state index < -0.39 is 6.10 Å². The Morgan fingerprint density at radius 3 is 3.00 bits per heavy atom. The molecule has 0 saturated heterocycles. The summed E-state index contributed by atoms with van der Waals surface area (Å²) in [5.74, 6) is 0. The van der Waals surface area contributed by atoms with E-state index in [1.165, 1.54) is 0 Å². The number of aliphatic hydroxyl groups excluding tert-OH is 1. The Hall–Kier alpha value is -1.74. The van der Waals surface area contributed by atoms with Gasteiger partial charge in [-0.2, -0.15) is 0 Å². The highest BCUT2D eigenvalue weighted by atomic mass is 16.3. The predicted octanol–water partition coefficient (Wildman–Crippen LogP) is 1.47. The van der Waals surface area contributed by atoms with Gasteiger partial charge < -0.3 is 9.90 Å². The van der Waals surface area contributed by atoms with Gasteiger partial charge in [-0.1, -0.05) is 18.2 Å². The van der Waals surface area contributed by atoms with Gasteiger partial charge in [0.2, 0.25) is 0 Å². The molecule has 0 bridgehead atoms. The Labute approximate surface area is 81.0 Å². The normalized spacial score (nSPS) is 12.6. The molecule has 14 heavy (non-hydrogen) atoms. The molecule has 1 aromatic heterocycles. The fraction of sp³-hybridized carbons (Fsp3) is 0.0909. The summed E-state index contributed by atoms with van der Waals surface area (Å²) in [7, 11) is 0. The lowest BCUT2D eigenvalue weighted by Crippen LogP contribution is -1.98. The van der Waals surface area contributed by atoms with Crippen molar-refractivity contribution >= 4 is 17.1 Å². The van der Waals surface area contributed by atoms with Crippen LogP contribution in [0.5, 0.6) is 0 Å². The number of benzene rings is 1. The molecule has 1 aromatic carbocycles. The van der Waals surface area contributed by atoms with Crippen LogP contribution in [0.2, 0.25) is 0 Å². The molecule has 0 aliphatic rings. The van der Waals surface area contributed by atoms with Crippen LogP contribution in [0.4, 0.5) is 0 Å². The van der Waals surface area contributed by atoms with Gasteiger partial charge in [0.15, 0.2) is 6.29 Å². The number of hydrogen-bond acceptors (Lipinski definition) is 3. The molecule has 3 heteroatoms. The minimum atomic E-state index is -1.07. The molecule has 3 nitrogen and oxygen atoms in total. The lowest BCUT2D eigenvalue weighted by molar-refractivity contribution is -0.115. The van der Waals surface area contributed by atoms with Crippen molar-refractivity contribution in [2.24, 2.45) is 0 Å².